The lowest BCUT2D eigenvalue weighted by Crippen LogP contribution is -2.45. The minimum atomic E-state index is -0.172. The molecule has 27 heavy (non-hydrogen) atoms. The van der Waals surface area contributed by atoms with Crippen LogP contribution >= 0.6 is 11.3 Å². The highest BCUT2D eigenvalue weighted by molar-refractivity contribution is 7.21. The first-order valence-electron chi connectivity index (χ1n) is 8.94. The van der Waals surface area contributed by atoms with E-state index in [1.54, 1.807) is 25.6 Å². The van der Waals surface area contributed by atoms with E-state index < -0.39 is 0 Å². The van der Waals surface area contributed by atoms with Gasteiger partial charge in [0.2, 0.25) is 0 Å². The lowest BCUT2D eigenvalue weighted by molar-refractivity contribution is 0.0968. The number of thiophene rings is 1. The molecule has 0 bridgehead atoms. The largest absolute Gasteiger partial charge is 0.397 e. The van der Waals surface area contributed by atoms with Gasteiger partial charge in [-0.1, -0.05) is 6.92 Å². The van der Waals surface area contributed by atoms with E-state index in [4.69, 9.17) is 10.7 Å². The van der Waals surface area contributed by atoms with E-state index >= 15 is 0 Å². The Bertz CT molecular complexity index is 989. The predicted octanol–water partition coefficient (Wildman–Crippen LogP) is 2.59. The summed E-state index contributed by atoms with van der Waals surface area (Å²) >= 11 is 1.35. The van der Waals surface area contributed by atoms with Crippen LogP contribution in [0.3, 0.4) is 0 Å². The molecule has 4 rings (SSSR count). The highest BCUT2D eigenvalue weighted by Crippen LogP contribution is 2.38. The van der Waals surface area contributed by atoms with E-state index in [-0.39, 0.29) is 11.3 Å². The lowest BCUT2D eigenvalue weighted by Gasteiger charge is -2.40. The van der Waals surface area contributed by atoms with Gasteiger partial charge in [0, 0.05) is 49.0 Å². The Morgan fingerprint density at radius 3 is 2.96 bits per heavy atom. The van der Waals surface area contributed by atoms with Gasteiger partial charge in [0.15, 0.2) is 0 Å². The molecule has 1 saturated heterocycles. The standard InChI is InChI=1S/C19H22N6OS/c1-19(6-3-9-25(11-19)14-10-22-7-8-23-14)13-5-4-12-15(20)16(17(26)21-2)27-18(12)24-13/h4-5,7-8,10H,3,6,9,11,20H2,1-2H3,(H,21,26)/t19-/m1/s1. The van der Waals surface area contributed by atoms with Gasteiger partial charge in [-0.25, -0.2) is 9.97 Å². The normalized spacial score (nSPS) is 20.0. The third kappa shape index (κ3) is 3.10. The number of aromatic nitrogens is 3. The number of nitrogens with two attached hydrogens (primary N) is 1. The number of carbonyl (C=O) groups excluding carboxylic acids is 1. The number of carbonyl (C=O) groups is 1. The lowest BCUT2D eigenvalue weighted by atomic mass is 9.78. The summed E-state index contributed by atoms with van der Waals surface area (Å²) in [5.74, 6) is 0.724. The number of hydrogen-bond acceptors (Lipinski definition) is 7. The molecule has 1 fully saturated rings. The molecule has 3 aromatic rings. The summed E-state index contributed by atoms with van der Waals surface area (Å²) in [4.78, 5) is 29.1. The minimum Gasteiger partial charge on any atom is -0.397 e. The van der Waals surface area contributed by atoms with Crippen LogP contribution in [0.25, 0.3) is 10.2 Å². The predicted molar refractivity (Wildman–Crippen MR) is 108 cm³/mol. The molecule has 1 aliphatic heterocycles. The maximum absolute atomic E-state index is 12.0. The van der Waals surface area contributed by atoms with Crippen LogP contribution in [0.4, 0.5) is 11.5 Å². The van der Waals surface area contributed by atoms with Gasteiger partial charge in [0.05, 0.1) is 11.9 Å². The second-order valence-electron chi connectivity index (χ2n) is 7.12. The van der Waals surface area contributed by atoms with E-state index in [1.807, 2.05) is 12.1 Å². The average molecular weight is 382 g/mol. The number of nitrogens with zero attached hydrogens (tertiary/aromatic N) is 4. The van der Waals surface area contributed by atoms with Gasteiger partial charge in [0.25, 0.3) is 5.91 Å². The van der Waals surface area contributed by atoms with Crippen LogP contribution in [0.15, 0.2) is 30.7 Å². The van der Waals surface area contributed by atoms with Crippen molar-refractivity contribution in [2.45, 2.75) is 25.2 Å². The third-order valence-corrected chi connectivity index (χ3v) is 6.33. The second kappa shape index (κ2) is 6.77. The van der Waals surface area contributed by atoms with E-state index in [9.17, 15) is 4.79 Å². The quantitative estimate of drug-likeness (QED) is 0.723. The molecule has 3 N–H and O–H groups in total. The van der Waals surface area contributed by atoms with Crippen molar-refractivity contribution in [3.63, 3.8) is 0 Å². The van der Waals surface area contributed by atoms with Crippen LogP contribution in [-0.4, -0.2) is 41.0 Å². The maximum Gasteiger partial charge on any atom is 0.263 e. The van der Waals surface area contributed by atoms with Crippen molar-refractivity contribution in [3.8, 4) is 0 Å². The third-order valence-electron chi connectivity index (χ3n) is 5.22. The maximum atomic E-state index is 12.0. The fourth-order valence-electron chi connectivity index (χ4n) is 3.71. The van der Waals surface area contributed by atoms with Crippen molar-refractivity contribution in [3.05, 3.63) is 41.3 Å². The topological polar surface area (TPSA) is 97.0 Å². The molecule has 0 aliphatic carbocycles. The first-order valence-corrected chi connectivity index (χ1v) is 9.76. The van der Waals surface area contributed by atoms with Gasteiger partial charge >= 0.3 is 0 Å². The molecule has 1 amide bonds. The highest BCUT2D eigenvalue weighted by Gasteiger charge is 2.35. The molecule has 1 atom stereocenters. The molecule has 0 saturated carbocycles. The zero-order valence-corrected chi connectivity index (χ0v) is 16.2. The molecular formula is C19H22N6OS. The van der Waals surface area contributed by atoms with Gasteiger partial charge in [-0.05, 0) is 25.0 Å². The first kappa shape index (κ1) is 17.7. The molecule has 0 spiro atoms. The number of rotatable bonds is 3. The number of piperidine rings is 1. The van der Waals surface area contributed by atoms with Crippen molar-refractivity contribution in [1.82, 2.24) is 20.3 Å². The van der Waals surface area contributed by atoms with Gasteiger partial charge < -0.3 is 16.0 Å². The minimum absolute atomic E-state index is 0.101. The van der Waals surface area contributed by atoms with Crippen LogP contribution in [0, 0.1) is 0 Å². The number of nitrogen functional groups attached to an aromatic ring is 1. The number of amides is 1. The van der Waals surface area contributed by atoms with Gasteiger partial charge in [-0.3, -0.25) is 9.78 Å². The molecule has 0 radical (unpaired) electrons. The van der Waals surface area contributed by atoms with E-state index in [0.717, 1.165) is 47.7 Å². The monoisotopic (exact) mass is 382 g/mol. The van der Waals surface area contributed by atoms with Crippen molar-refractivity contribution < 1.29 is 4.79 Å². The van der Waals surface area contributed by atoms with E-state index in [1.165, 1.54) is 11.3 Å². The second-order valence-corrected chi connectivity index (χ2v) is 8.12. The molecule has 7 nitrogen and oxygen atoms in total. The zero-order valence-electron chi connectivity index (χ0n) is 15.4. The Hall–Kier alpha value is -2.74. The van der Waals surface area contributed by atoms with Gasteiger partial charge in [-0.2, -0.15) is 0 Å². The molecular weight excluding hydrogens is 360 g/mol. The van der Waals surface area contributed by atoms with Gasteiger partial charge in [0.1, 0.15) is 15.5 Å². The van der Waals surface area contributed by atoms with Gasteiger partial charge in [-0.15, -0.1) is 11.3 Å². The Kier molecular flexibility index (Phi) is 4.43. The molecule has 1 aliphatic rings. The molecule has 0 unspecified atom stereocenters. The smallest absolute Gasteiger partial charge is 0.263 e. The van der Waals surface area contributed by atoms with Crippen LogP contribution in [0.2, 0.25) is 0 Å². The summed E-state index contributed by atoms with van der Waals surface area (Å²) in [6.45, 7) is 4.02. The average Bonchev–Trinajstić information content (AvgIpc) is 3.04. The Morgan fingerprint density at radius 2 is 2.22 bits per heavy atom. The number of fused-ring (bicyclic) bond motifs is 1. The van der Waals surface area contributed by atoms with Crippen LogP contribution in [-0.2, 0) is 5.41 Å². The number of nitrogens with one attached hydrogen (secondary N) is 1. The molecule has 140 valence electrons. The summed E-state index contributed by atoms with van der Waals surface area (Å²) in [6.07, 6.45) is 7.32. The van der Waals surface area contributed by atoms with E-state index in [0.29, 0.717) is 10.6 Å². The zero-order chi connectivity index (χ0) is 19.0. The van der Waals surface area contributed by atoms with Crippen molar-refractivity contribution in [2.75, 3.05) is 30.8 Å². The first-order chi connectivity index (χ1) is 13.0. The van der Waals surface area contributed by atoms with Crippen molar-refractivity contribution in [2.24, 2.45) is 0 Å². The van der Waals surface area contributed by atoms with Crippen LogP contribution < -0.4 is 16.0 Å². The van der Waals surface area contributed by atoms with Crippen LogP contribution in [0.1, 0.15) is 35.1 Å². The fraction of sp³-hybridized carbons (Fsp3) is 0.368. The van der Waals surface area contributed by atoms with Crippen molar-refractivity contribution >= 4 is 39.0 Å². The fourth-order valence-corrected chi connectivity index (χ4v) is 4.75. The summed E-state index contributed by atoms with van der Waals surface area (Å²) in [5.41, 5.74) is 7.58. The Morgan fingerprint density at radius 1 is 1.37 bits per heavy atom. The number of hydrogen-bond donors (Lipinski definition) is 2. The SMILES string of the molecule is CNC(=O)c1sc2nc([C@]3(C)CCCN(c4cnccn4)C3)ccc2c1N. The summed E-state index contributed by atoms with van der Waals surface area (Å²) in [7, 11) is 1.61. The molecule has 8 heteroatoms. The molecule has 4 heterocycles. The number of anilines is 2. The summed E-state index contributed by atoms with van der Waals surface area (Å²) in [5, 5.41) is 3.48. The Labute approximate surface area is 161 Å². The van der Waals surface area contributed by atoms with Crippen molar-refractivity contribution in [1.29, 1.82) is 0 Å². The Balaban J connectivity index is 1.69. The molecule has 3 aromatic heterocycles. The summed E-state index contributed by atoms with van der Waals surface area (Å²) < 4.78 is 0. The number of pyridine rings is 1. The highest BCUT2D eigenvalue weighted by atomic mass is 32.1. The van der Waals surface area contributed by atoms with Crippen LogP contribution in [0.5, 0.6) is 0 Å². The molecule has 0 aromatic carbocycles. The van der Waals surface area contributed by atoms with E-state index in [2.05, 4.69) is 27.1 Å². The summed E-state index contributed by atoms with van der Waals surface area (Å²) in [6, 6.07) is 4.03.